The standard InChI is InChI=1S/C50H66N8O12/c1-30(2)42(53-45(65)36-19-18-33-16-12-13-17-35(33)51-36)47(67)52-37(20-21-40(61)62)46(66)54-43(31(3)4)49(69)57-24-22-34(26-50(5,6)7)44(57)48(68)55-58(28-41(63)64)39(60)29-70-25-23-38(59)56(8)27-32-14-10-9-11-15-32/h9-19,23,25,30-31,34,37,42-44H,20-22,24,26-29H2,1-8H3,(H,52,67)(H,53,65)(H,54,66)(H,55,68)(H,61,62)(H,63,64)/b25-23+/t34-,37+,42+,43+,44+/m1/s1. The first-order chi connectivity index (χ1) is 32.9. The molecular formula is C50H66N8O12. The Hall–Kier alpha value is -7.38. The molecule has 2 aromatic carbocycles. The molecule has 2 heterocycles. The maximum absolute atomic E-state index is 14.6. The number of hydrogen-bond acceptors (Lipinski definition) is 11. The van der Waals surface area contributed by atoms with E-state index in [1.54, 1.807) is 52.9 Å². The van der Waals surface area contributed by atoms with Gasteiger partial charge in [-0.15, -0.1) is 0 Å². The average Bonchev–Trinajstić information content (AvgIpc) is 3.71. The molecule has 20 nitrogen and oxygen atoms in total. The van der Waals surface area contributed by atoms with E-state index in [1.165, 1.54) is 15.9 Å². The predicted octanol–water partition coefficient (Wildman–Crippen LogP) is 3.27. The molecule has 1 saturated heterocycles. The van der Waals surface area contributed by atoms with Gasteiger partial charge in [-0.3, -0.25) is 48.6 Å². The highest BCUT2D eigenvalue weighted by molar-refractivity contribution is 6.00. The van der Waals surface area contributed by atoms with Crippen molar-refractivity contribution in [1.82, 2.24) is 41.2 Å². The molecule has 0 spiro atoms. The summed E-state index contributed by atoms with van der Waals surface area (Å²) in [4.78, 5) is 127. The number of para-hydroxylation sites is 1. The van der Waals surface area contributed by atoms with E-state index >= 15 is 0 Å². The second-order valence-corrected chi connectivity index (χ2v) is 19.2. The third-order valence-electron chi connectivity index (χ3n) is 11.5. The minimum atomic E-state index is -1.48. The van der Waals surface area contributed by atoms with Crippen LogP contribution in [-0.4, -0.2) is 134 Å². The number of amides is 7. The van der Waals surface area contributed by atoms with E-state index in [0.29, 0.717) is 29.9 Å². The van der Waals surface area contributed by atoms with Gasteiger partial charge in [0.05, 0.1) is 11.8 Å². The lowest BCUT2D eigenvalue weighted by molar-refractivity contribution is -0.154. The van der Waals surface area contributed by atoms with Gasteiger partial charge in [0.2, 0.25) is 23.6 Å². The molecule has 0 radical (unpaired) electrons. The van der Waals surface area contributed by atoms with Crippen molar-refractivity contribution in [3.63, 3.8) is 0 Å². The number of hydrazine groups is 1. The SMILES string of the molecule is CC(C)[C@H](NC(=O)c1ccc2ccccc2n1)C(=O)N[C@@H](CCC(=O)O)C(=O)N[C@H](C(=O)N1CC[C@H](CC(C)(C)C)[C@H]1C(=O)NN(CC(=O)O)C(=O)CO/C=C/C(=O)N(C)Cc1ccccc1)C(C)C. The van der Waals surface area contributed by atoms with Crippen LogP contribution in [-0.2, 0) is 49.6 Å². The monoisotopic (exact) mass is 970 g/mol. The van der Waals surface area contributed by atoms with Crippen LogP contribution in [0.3, 0.4) is 0 Å². The minimum absolute atomic E-state index is 0.0465. The first kappa shape index (κ1) is 55.2. The van der Waals surface area contributed by atoms with Crippen molar-refractivity contribution in [3.05, 3.63) is 90.3 Å². The van der Waals surface area contributed by atoms with Gasteiger partial charge < -0.3 is 40.7 Å². The predicted molar refractivity (Wildman–Crippen MR) is 257 cm³/mol. The molecule has 0 saturated carbocycles. The Morgan fingerprint density at radius 1 is 0.829 bits per heavy atom. The van der Waals surface area contributed by atoms with Crippen LogP contribution in [0.5, 0.6) is 0 Å². The number of nitrogens with one attached hydrogen (secondary N) is 4. The maximum Gasteiger partial charge on any atom is 0.325 e. The summed E-state index contributed by atoms with van der Waals surface area (Å²) >= 11 is 0. The number of pyridine rings is 1. The van der Waals surface area contributed by atoms with Crippen molar-refractivity contribution in [2.45, 2.75) is 105 Å². The smallest absolute Gasteiger partial charge is 0.325 e. The van der Waals surface area contributed by atoms with Crippen LogP contribution in [0.25, 0.3) is 10.9 Å². The van der Waals surface area contributed by atoms with E-state index in [9.17, 15) is 53.4 Å². The number of hydrogen-bond donors (Lipinski definition) is 6. The van der Waals surface area contributed by atoms with Gasteiger partial charge in [-0.25, -0.2) is 9.99 Å². The Labute approximate surface area is 407 Å². The molecule has 378 valence electrons. The second-order valence-electron chi connectivity index (χ2n) is 19.2. The first-order valence-electron chi connectivity index (χ1n) is 23.1. The summed E-state index contributed by atoms with van der Waals surface area (Å²) in [5, 5.41) is 28.6. The van der Waals surface area contributed by atoms with E-state index in [1.807, 2.05) is 63.2 Å². The molecule has 6 N–H and O–H groups in total. The molecule has 1 aliphatic heterocycles. The fourth-order valence-electron chi connectivity index (χ4n) is 8.04. The highest BCUT2D eigenvalue weighted by Crippen LogP contribution is 2.36. The lowest BCUT2D eigenvalue weighted by Crippen LogP contribution is -2.61. The number of carboxylic acid groups (broad SMARTS) is 2. The summed E-state index contributed by atoms with van der Waals surface area (Å²) in [6.07, 6.45) is 1.92. The molecule has 0 unspecified atom stereocenters. The Morgan fingerprint density at radius 2 is 1.49 bits per heavy atom. The van der Waals surface area contributed by atoms with Gasteiger partial charge in [0.15, 0.2) is 6.61 Å². The van der Waals surface area contributed by atoms with Gasteiger partial charge >= 0.3 is 11.9 Å². The van der Waals surface area contributed by atoms with Gasteiger partial charge in [0, 0.05) is 38.0 Å². The zero-order chi connectivity index (χ0) is 51.9. The quantitative estimate of drug-likeness (QED) is 0.0480. The number of nitrogens with zero attached hydrogens (tertiary/aromatic N) is 4. The van der Waals surface area contributed by atoms with Crippen LogP contribution in [0.1, 0.15) is 90.2 Å². The fraction of sp³-hybridized carbons (Fsp3) is 0.480. The molecule has 0 aliphatic carbocycles. The number of aromatic nitrogens is 1. The highest BCUT2D eigenvalue weighted by Gasteiger charge is 2.46. The number of carbonyl (C=O) groups excluding carboxylic acids is 7. The van der Waals surface area contributed by atoms with Crippen molar-refractivity contribution >= 4 is 64.2 Å². The fourth-order valence-corrected chi connectivity index (χ4v) is 8.04. The average molecular weight is 971 g/mol. The summed E-state index contributed by atoms with van der Waals surface area (Å²) in [5.74, 6) is -9.63. The van der Waals surface area contributed by atoms with Crippen LogP contribution < -0.4 is 21.4 Å². The Morgan fingerprint density at radius 3 is 2.11 bits per heavy atom. The lowest BCUT2D eigenvalue weighted by Gasteiger charge is -2.35. The van der Waals surface area contributed by atoms with Crippen LogP contribution in [0.4, 0.5) is 0 Å². The number of carbonyl (C=O) groups is 9. The maximum atomic E-state index is 14.6. The van der Waals surface area contributed by atoms with Crippen LogP contribution in [0.2, 0.25) is 0 Å². The van der Waals surface area contributed by atoms with E-state index < -0.39 is 115 Å². The number of rotatable bonds is 22. The molecule has 1 aliphatic rings. The topological polar surface area (TPSA) is 274 Å². The van der Waals surface area contributed by atoms with Crippen molar-refractivity contribution in [2.24, 2.45) is 23.2 Å². The van der Waals surface area contributed by atoms with E-state index in [-0.39, 0.29) is 24.1 Å². The number of likely N-dealkylation sites (N-methyl/N-ethyl adjacent to an activating group) is 1. The third-order valence-corrected chi connectivity index (χ3v) is 11.5. The van der Waals surface area contributed by atoms with Gasteiger partial charge in [-0.2, -0.15) is 0 Å². The van der Waals surface area contributed by atoms with Crippen molar-refractivity contribution < 1.29 is 58.1 Å². The summed E-state index contributed by atoms with van der Waals surface area (Å²) < 4.78 is 5.28. The number of benzene rings is 2. The molecule has 4 rings (SSSR count). The Kier molecular flexibility index (Phi) is 20.0. The molecule has 20 heteroatoms. The largest absolute Gasteiger partial charge is 0.491 e. The number of likely N-dealkylation sites (tertiary alicyclic amines) is 1. The molecule has 5 atom stereocenters. The first-order valence-corrected chi connectivity index (χ1v) is 23.1. The van der Waals surface area contributed by atoms with Crippen LogP contribution >= 0.6 is 0 Å². The van der Waals surface area contributed by atoms with Crippen molar-refractivity contribution in [2.75, 3.05) is 26.7 Å². The summed E-state index contributed by atoms with van der Waals surface area (Å²) in [6.45, 7) is 11.1. The zero-order valence-electron chi connectivity index (χ0n) is 41.0. The van der Waals surface area contributed by atoms with E-state index in [0.717, 1.165) is 23.3 Å². The Balaban J connectivity index is 1.51. The molecule has 3 aromatic rings. The summed E-state index contributed by atoms with van der Waals surface area (Å²) in [6, 6.07) is 14.4. The molecule has 70 heavy (non-hydrogen) atoms. The third kappa shape index (κ3) is 16.4. The van der Waals surface area contributed by atoms with E-state index in [4.69, 9.17) is 4.74 Å². The van der Waals surface area contributed by atoms with Gasteiger partial charge in [-0.05, 0) is 60.1 Å². The Bertz CT molecular complexity index is 2400. The van der Waals surface area contributed by atoms with Gasteiger partial charge in [-0.1, -0.05) is 103 Å². The molecule has 0 bridgehead atoms. The minimum Gasteiger partial charge on any atom is -0.491 e. The number of fused-ring (bicyclic) bond motifs is 1. The summed E-state index contributed by atoms with van der Waals surface area (Å²) in [7, 11) is 1.58. The normalized spacial score (nSPS) is 16.0. The highest BCUT2D eigenvalue weighted by atomic mass is 16.5. The van der Waals surface area contributed by atoms with Crippen molar-refractivity contribution in [3.8, 4) is 0 Å². The summed E-state index contributed by atoms with van der Waals surface area (Å²) in [5.41, 5.74) is 3.52. The molecule has 1 aromatic heterocycles. The van der Waals surface area contributed by atoms with Crippen molar-refractivity contribution in [1.29, 1.82) is 0 Å². The molecule has 1 fully saturated rings. The number of aliphatic carboxylic acids is 2. The number of carboxylic acids is 2. The van der Waals surface area contributed by atoms with Crippen LogP contribution in [0, 0.1) is 23.2 Å². The molecular weight excluding hydrogens is 905 g/mol. The van der Waals surface area contributed by atoms with Gasteiger partial charge in [0.25, 0.3) is 17.7 Å². The van der Waals surface area contributed by atoms with E-state index in [2.05, 4.69) is 26.4 Å². The zero-order valence-corrected chi connectivity index (χ0v) is 41.0. The lowest BCUT2D eigenvalue weighted by atomic mass is 9.81. The second kappa shape index (κ2) is 25.3. The molecule has 7 amide bonds. The van der Waals surface area contributed by atoms with Crippen LogP contribution in [0.15, 0.2) is 79.1 Å². The number of ether oxygens (including phenoxy) is 1. The van der Waals surface area contributed by atoms with Gasteiger partial charge in [0.1, 0.15) is 36.4 Å².